The fraction of sp³-hybridized carbons (Fsp3) is 0.529. The molecule has 25 heavy (non-hydrogen) atoms. The summed E-state index contributed by atoms with van der Waals surface area (Å²) in [5, 5.41) is 11.2. The van der Waals surface area contributed by atoms with E-state index in [9.17, 15) is 14.4 Å². The lowest BCUT2D eigenvalue weighted by molar-refractivity contribution is -0.143. The Kier molecular flexibility index (Phi) is 7.35. The van der Waals surface area contributed by atoms with Crippen LogP contribution in [0.5, 0.6) is 0 Å². The van der Waals surface area contributed by atoms with E-state index in [4.69, 9.17) is 9.84 Å². The van der Waals surface area contributed by atoms with Crippen molar-refractivity contribution < 1.29 is 24.2 Å². The molecule has 0 spiro atoms. The number of carbonyl (C=O) groups excluding carboxylic acids is 2. The number of aliphatic carboxylic acids is 1. The van der Waals surface area contributed by atoms with Crippen LogP contribution in [0.3, 0.4) is 0 Å². The highest BCUT2D eigenvalue weighted by Crippen LogP contribution is 2.12. The molecule has 0 aliphatic carbocycles. The van der Waals surface area contributed by atoms with Crippen LogP contribution in [0.2, 0.25) is 0 Å². The zero-order valence-electron chi connectivity index (χ0n) is 15.0. The lowest BCUT2D eigenvalue weighted by Gasteiger charge is -2.19. The van der Waals surface area contributed by atoms with Crippen LogP contribution in [-0.4, -0.2) is 52.2 Å². The van der Waals surface area contributed by atoms with Crippen molar-refractivity contribution in [2.75, 3.05) is 18.9 Å². The van der Waals surface area contributed by atoms with Gasteiger partial charge in [-0.2, -0.15) is 0 Å². The summed E-state index contributed by atoms with van der Waals surface area (Å²) in [6.45, 7) is 5.00. The second kappa shape index (κ2) is 9.00. The second-order valence-electron chi connectivity index (χ2n) is 6.64. The first-order chi connectivity index (χ1) is 11.6. The molecule has 0 radical (unpaired) electrons. The number of amides is 2. The van der Waals surface area contributed by atoms with Crippen molar-refractivity contribution in [3.63, 3.8) is 0 Å². The minimum Gasteiger partial charge on any atom is -0.480 e. The maximum Gasteiger partial charge on any atom is 0.413 e. The summed E-state index contributed by atoms with van der Waals surface area (Å²) >= 11 is 0. The van der Waals surface area contributed by atoms with E-state index in [1.165, 1.54) is 11.9 Å². The van der Waals surface area contributed by atoms with Crippen molar-refractivity contribution in [1.82, 2.24) is 9.88 Å². The van der Waals surface area contributed by atoms with Crippen LogP contribution in [0.15, 0.2) is 18.2 Å². The highest BCUT2D eigenvalue weighted by atomic mass is 16.6. The molecule has 0 aliphatic rings. The van der Waals surface area contributed by atoms with Crippen LogP contribution in [0, 0.1) is 0 Å². The predicted octanol–water partition coefficient (Wildman–Crippen LogP) is 2.29. The average molecular weight is 351 g/mol. The third-order valence-corrected chi connectivity index (χ3v) is 3.06. The van der Waals surface area contributed by atoms with Gasteiger partial charge in [-0.25, -0.2) is 9.78 Å². The number of anilines is 1. The van der Waals surface area contributed by atoms with E-state index in [0.29, 0.717) is 18.7 Å². The van der Waals surface area contributed by atoms with E-state index in [1.807, 2.05) is 0 Å². The van der Waals surface area contributed by atoms with Crippen molar-refractivity contribution in [2.24, 2.45) is 0 Å². The first-order valence-electron chi connectivity index (χ1n) is 7.98. The molecule has 8 nitrogen and oxygen atoms in total. The summed E-state index contributed by atoms with van der Waals surface area (Å²) in [4.78, 5) is 39.6. The molecule has 0 aliphatic heterocycles. The van der Waals surface area contributed by atoms with Gasteiger partial charge >= 0.3 is 12.1 Å². The number of ether oxygens (including phenoxy) is 1. The van der Waals surface area contributed by atoms with Gasteiger partial charge in [-0.05, 0) is 45.7 Å². The molecule has 0 saturated heterocycles. The lowest BCUT2D eigenvalue weighted by atomic mass is 10.1. The Hall–Kier alpha value is -2.64. The number of nitrogens with zero attached hydrogens (tertiary/aromatic N) is 2. The van der Waals surface area contributed by atoms with Crippen molar-refractivity contribution >= 4 is 23.8 Å². The smallest absolute Gasteiger partial charge is 0.413 e. The van der Waals surface area contributed by atoms with Crippen LogP contribution >= 0.6 is 0 Å². The summed E-state index contributed by atoms with van der Waals surface area (Å²) in [6, 6.07) is 5.21. The van der Waals surface area contributed by atoms with Crippen LogP contribution in [-0.2, 0) is 20.7 Å². The quantitative estimate of drug-likeness (QED) is 0.780. The van der Waals surface area contributed by atoms with Gasteiger partial charge in [0.05, 0.1) is 0 Å². The fourth-order valence-corrected chi connectivity index (χ4v) is 2.00. The normalized spacial score (nSPS) is 10.9. The van der Waals surface area contributed by atoms with Gasteiger partial charge in [0.15, 0.2) is 0 Å². The van der Waals surface area contributed by atoms with Crippen molar-refractivity contribution in [2.45, 2.75) is 45.6 Å². The molecule has 0 bridgehead atoms. The number of aromatic nitrogens is 1. The Morgan fingerprint density at radius 1 is 1.28 bits per heavy atom. The molecule has 0 saturated carbocycles. The van der Waals surface area contributed by atoms with E-state index in [0.717, 1.165) is 5.69 Å². The van der Waals surface area contributed by atoms with Crippen molar-refractivity contribution in [3.8, 4) is 0 Å². The summed E-state index contributed by atoms with van der Waals surface area (Å²) < 4.78 is 5.16. The summed E-state index contributed by atoms with van der Waals surface area (Å²) in [5.74, 6) is -0.898. The fourth-order valence-electron chi connectivity index (χ4n) is 2.00. The second-order valence-corrected chi connectivity index (χ2v) is 6.64. The summed E-state index contributed by atoms with van der Waals surface area (Å²) in [6.07, 6.45) is 0.722. The SMILES string of the molecule is CN(CC(=O)O)C(=O)CCCc1cccc(NC(=O)OC(C)(C)C)n1. The number of aryl methyl sites for hydroxylation is 1. The van der Waals surface area contributed by atoms with Crippen LogP contribution < -0.4 is 5.32 Å². The Morgan fingerprint density at radius 2 is 1.96 bits per heavy atom. The van der Waals surface area contributed by atoms with Gasteiger partial charge in [0, 0.05) is 19.2 Å². The molecule has 1 aromatic heterocycles. The number of rotatable bonds is 7. The van der Waals surface area contributed by atoms with Gasteiger partial charge in [-0.3, -0.25) is 14.9 Å². The number of carbonyl (C=O) groups is 3. The zero-order chi connectivity index (χ0) is 19.0. The van der Waals surface area contributed by atoms with Crippen LogP contribution in [0.25, 0.3) is 0 Å². The van der Waals surface area contributed by atoms with Gasteiger partial charge in [0.25, 0.3) is 0 Å². The standard InChI is InChI=1S/C17H25N3O5/c1-17(2,3)25-16(24)19-13-9-5-7-12(18-13)8-6-10-14(21)20(4)11-15(22)23/h5,7,9H,6,8,10-11H2,1-4H3,(H,22,23)(H,18,19,24). The molecule has 2 N–H and O–H groups in total. The molecule has 1 heterocycles. The first-order valence-corrected chi connectivity index (χ1v) is 7.98. The maximum absolute atomic E-state index is 11.8. The van der Waals surface area contributed by atoms with E-state index in [2.05, 4.69) is 10.3 Å². The average Bonchev–Trinajstić information content (AvgIpc) is 2.44. The molecule has 8 heteroatoms. The Balaban J connectivity index is 2.49. The molecule has 0 atom stereocenters. The maximum atomic E-state index is 11.8. The van der Waals surface area contributed by atoms with Gasteiger partial charge < -0.3 is 14.7 Å². The summed E-state index contributed by atoms with van der Waals surface area (Å²) in [5.41, 5.74) is 0.131. The first kappa shape index (κ1) is 20.4. The molecule has 1 rings (SSSR count). The van der Waals surface area contributed by atoms with Gasteiger partial charge in [-0.1, -0.05) is 6.07 Å². The van der Waals surface area contributed by atoms with Crippen molar-refractivity contribution in [3.05, 3.63) is 23.9 Å². The Bertz CT molecular complexity index is 625. The number of hydrogen-bond acceptors (Lipinski definition) is 5. The molecule has 1 aromatic rings. The molecular weight excluding hydrogens is 326 g/mol. The van der Waals surface area contributed by atoms with E-state index in [1.54, 1.807) is 39.0 Å². The minimum atomic E-state index is -1.04. The monoisotopic (exact) mass is 351 g/mol. The highest BCUT2D eigenvalue weighted by Gasteiger charge is 2.16. The molecule has 0 unspecified atom stereocenters. The molecule has 0 aromatic carbocycles. The van der Waals surface area contributed by atoms with E-state index in [-0.39, 0.29) is 18.9 Å². The number of carboxylic acids is 1. The number of likely N-dealkylation sites (N-methyl/N-ethyl adjacent to an activating group) is 1. The van der Waals surface area contributed by atoms with Gasteiger partial charge in [-0.15, -0.1) is 0 Å². The van der Waals surface area contributed by atoms with Gasteiger partial charge in [0.2, 0.25) is 5.91 Å². The number of nitrogens with one attached hydrogen (secondary N) is 1. The van der Waals surface area contributed by atoms with Crippen molar-refractivity contribution in [1.29, 1.82) is 0 Å². The lowest BCUT2D eigenvalue weighted by Crippen LogP contribution is -2.31. The molecule has 2 amide bonds. The number of pyridine rings is 1. The minimum absolute atomic E-state index is 0.231. The Labute approximate surface area is 147 Å². The van der Waals surface area contributed by atoms with Crippen LogP contribution in [0.1, 0.15) is 39.3 Å². The largest absolute Gasteiger partial charge is 0.480 e. The predicted molar refractivity (Wildman–Crippen MR) is 92.3 cm³/mol. The topological polar surface area (TPSA) is 109 Å². The third-order valence-electron chi connectivity index (χ3n) is 3.06. The van der Waals surface area contributed by atoms with Crippen LogP contribution in [0.4, 0.5) is 10.6 Å². The highest BCUT2D eigenvalue weighted by molar-refractivity contribution is 5.83. The van der Waals surface area contributed by atoms with E-state index >= 15 is 0 Å². The zero-order valence-corrected chi connectivity index (χ0v) is 15.0. The molecule has 0 fully saturated rings. The summed E-state index contributed by atoms with van der Waals surface area (Å²) in [7, 11) is 1.46. The van der Waals surface area contributed by atoms with E-state index < -0.39 is 17.7 Å². The molecule has 138 valence electrons. The Morgan fingerprint density at radius 3 is 2.56 bits per heavy atom. The van der Waals surface area contributed by atoms with Gasteiger partial charge in [0.1, 0.15) is 18.0 Å². The third kappa shape index (κ3) is 8.69. The number of carboxylic acid groups (broad SMARTS) is 1. The molecular formula is C17H25N3O5. The number of hydrogen-bond donors (Lipinski definition) is 2.